The van der Waals surface area contributed by atoms with Crippen LogP contribution in [0.5, 0.6) is 0 Å². The Hall–Kier alpha value is -2.14. The van der Waals surface area contributed by atoms with E-state index >= 15 is 0 Å². The molecule has 1 aromatic heterocycles. The number of aromatic amines is 1. The Morgan fingerprint density at radius 1 is 1.35 bits per heavy atom. The summed E-state index contributed by atoms with van der Waals surface area (Å²) in [6, 6.07) is 11.7. The Labute approximate surface area is 137 Å². The molecule has 5 nitrogen and oxygen atoms in total. The van der Waals surface area contributed by atoms with Crippen LogP contribution in [-0.2, 0) is 6.42 Å². The van der Waals surface area contributed by atoms with Gasteiger partial charge in [0.2, 0.25) is 0 Å². The highest BCUT2D eigenvalue weighted by Gasteiger charge is 2.17. The molecule has 124 valence electrons. The highest BCUT2D eigenvalue weighted by Crippen LogP contribution is 2.20. The second-order valence-electron chi connectivity index (χ2n) is 5.93. The van der Waals surface area contributed by atoms with Crippen LogP contribution in [0.4, 0.5) is 0 Å². The zero-order valence-corrected chi connectivity index (χ0v) is 13.7. The lowest BCUT2D eigenvalue weighted by atomic mass is 9.93. The van der Waals surface area contributed by atoms with Crippen LogP contribution in [0.2, 0.25) is 0 Å². The number of benzene rings is 1. The van der Waals surface area contributed by atoms with Crippen LogP contribution in [0, 0.1) is 0 Å². The smallest absolute Gasteiger partial charge is 0.271 e. The summed E-state index contributed by atoms with van der Waals surface area (Å²) < 4.78 is 0. The van der Waals surface area contributed by atoms with Crippen LogP contribution in [0.1, 0.15) is 54.4 Å². The van der Waals surface area contributed by atoms with Gasteiger partial charge >= 0.3 is 0 Å². The summed E-state index contributed by atoms with van der Waals surface area (Å²) in [6.45, 7) is 4.33. The maximum Gasteiger partial charge on any atom is 0.271 e. The van der Waals surface area contributed by atoms with E-state index in [1.54, 1.807) is 13.0 Å². The van der Waals surface area contributed by atoms with Crippen molar-refractivity contribution in [1.82, 2.24) is 15.5 Å². The summed E-state index contributed by atoms with van der Waals surface area (Å²) in [5.74, 6) is -0.107. The molecule has 0 spiro atoms. The van der Waals surface area contributed by atoms with E-state index in [0.717, 1.165) is 24.1 Å². The minimum atomic E-state index is -0.418. The highest BCUT2D eigenvalue weighted by molar-refractivity contribution is 5.92. The number of hydrogen-bond acceptors (Lipinski definition) is 3. The number of carbonyl (C=O) groups is 1. The molecule has 2 aromatic rings. The molecule has 0 aliphatic carbocycles. The molecule has 0 fully saturated rings. The largest absolute Gasteiger partial charge is 0.393 e. The van der Waals surface area contributed by atoms with Crippen molar-refractivity contribution in [2.75, 3.05) is 6.54 Å². The quantitative estimate of drug-likeness (QED) is 0.701. The first kappa shape index (κ1) is 17.2. The third-order valence-corrected chi connectivity index (χ3v) is 3.79. The minimum Gasteiger partial charge on any atom is -0.393 e. The van der Waals surface area contributed by atoms with Gasteiger partial charge in [-0.2, -0.15) is 5.10 Å². The Morgan fingerprint density at radius 2 is 2.09 bits per heavy atom. The summed E-state index contributed by atoms with van der Waals surface area (Å²) in [6.07, 6.45) is 2.08. The normalized spacial score (nSPS) is 13.5. The predicted octanol–water partition coefficient (Wildman–Crippen LogP) is 2.65. The number of rotatable bonds is 8. The first-order valence-corrected chi connectivity index (χ1v) is 8.15. The summed E-state index contributed by atoms with van der Waals surface area (Å²) in [4.78, 5) is 12.2. The molecule has 0 saturated carbocycles. The number of nitrogens with one attached hydrogen (secondary N) is 2. The van der Waals surface area contributed by atoms with Gasteiger partial charge in [0.25, 0.3) is 5.91 Å². The first-order valence-electron chi connectivity index (χ1n) is 8.15. The number of aromatic nitrogens is 2. The lowest BCUT2D eigenvalue weighted by molar-refractivity contribution is 0.0940. The predicted molar refractivity (Wildman–Crippen MR) is 90.4 cm³/mol. The maximum absolute atomic E-state index is 12.2. The van der Waals surface area contributed by atoms with Gasteiger partial charge in [0, 0.05) is 18.2 Å². The number of H-pyrrole nitrogens is 1. The number of carbonyl (C=O) groups excluding carboxylic acids is 1. The zero-order chi connectivity index (χ0) is 16.7. The van der Waals surface area contributed by atoms with Crippen molar-refractivity contribution in [2.24, 2.45) is 0 Å². The lowest BCUT2D eigenvalue weighted by Gasteiger charge is -2.19. The molecule has 0 aliphatic heterocycles. The fraction of sp³-hybridized carbons (Fsp3) is 0.444. The van der Waals surface area contributed by atoms with E-state index < -0.39 is 6.10 Å². The van der Waals surface area contributed by atoms with E-state index in [0.29, 0.717) is 18.7 Å². The molecular formula is C18H25N3O2. The van der Waals surface area contributed by atoms with Gasteiger partial charge in [-0.05, 0) is 31.4 Å². The monoisotopic (exact) mass is 315 g/mol. The van der Waals surface area contributed by atoms with Crippen molar-refractivity contribution in [3.05, 3.63) is 53.3 Å². The molecule has 23 heavy (non-hydrogen) atoms. The van der Waals surface area contributed by atoms with E-state index in [4.69, 9.17) is 0 Å². The van der Waals surface area contributed by atoms with Crippen LogP contribution in [0.25, 0.3) is 0 Å². The van der Waals surface area contributed by atoms with Gasteiger partial charge < -0.3 is 10.4 Å². The number of aliphatic hydroxyl groups excluding tert-OH is 1. The SMILES string of the molecule is CCCc1cc(C(=O)NCC(CC(C)O)c2ccccc2)n[nH]1. The number of nitrogens with zero attached hydrogens (tertiary/aromatic N) is 1. The maximum atomic E-state index is 12.2. The molecular weight excluding hydrogens is 290 g/mol. The van der Waals surface area contributed by atoms with Gasteiger partial charge in [-0.25, -0.2) is 0 Å². The average Bonchev–Trinajstić information content (AvgIpc) is 3.01. The summed E-state index contributed by atoms with van der Waals surface area (Å²) in [5, 5.41) is 19.6. The molecule has 3 N–H and O–H groups in total. The average molecular weight is 315 g/mol. The number of amides is 1. The molecule has 1 aromatic carbocycles. The van der Waals surface area contributed by atoms with Crippen LogP contribution >= 0.6 is 0 Å². The summed E-state index contributed by atoms with van der Waals surface area (Å²) in [5.41, 5.74) is 2.50. The zero-order valence-electron chi connectivity index (χ0n) is 13.7. The van der Waals surface area contributed by atoms with Crippen molar-refractivity contribution < 1.29 is 9.90 Å². The van der Waals surface area contributed by atoms with E-state index in [2.05, 4.69) is 22.4 Å². The summed E-state index contributed by atoms with van der Waals surface area (Å²) >= 11 is 0. The van der Waals surface area contributed by atoms with Gasteiger partial charge in [0.1, 0.15) is 5.69 Å². The standard InChI is InChI=1S/C18H25N3O2/c1-3-7-16-11-17(21-20-16)18(23)19-12-15(10-13(2)22)14-8-5-4-6-9-14/h4-6,8-9,11,13,15,22H,3,7,10,12H2,1-2H3,(H,19,23)(H,20,21). The molecule has 1 heterocycles. The number of hydrogen-bond donors (Lipinski definition) is 3. The number of aryl methyl sites for hydroxylation is 1. The molecule has 5 heteroatoms. The molecule has 2 atom stereocenters. The third-order valence-electron chi connectivity index (χ3n) is 3.79. The molecule has 0 radical (unpaired) electrons. The van der Waals surface area contributed by atoms with Crippen LogP contribution in [-0.4, -0.2) is 33.9 Å². The Morgan fingerprint density at radius 3 is 2.74 bits per heavy atom. The van der Waals surface area contributed by atoms with E-state index in [9.17, 15) is 9.90 Å². The second kappa shape index (κ2) is 8.48. The van der Waals surface area contributed by atoms with Gasteiger partial charge in [0.05, 0.1) is 6.10 Å². The van der Waals surface area contributed by atoms with Crippen LogP contribution in [0.15, 0.2) is 36.4 Å². The highest BCUT2D eigenvalue weighted by atomic mass is 16.3. The van der Waals surface area contributed by atoms with Crippen molar-refractivity contribution in [3.63, 3.8) is 0 Å². The molecule has 2 rings (SSSR count). The fourth-order valence-electron chi connectivity index (χ4n) is 2.66. The molecule has 0 saturated heterocycles. The van der Waals surface area contributed by atoms with Gasteiger partial charge in [0.15, 0.2) is 0 Å². The van der Waals surface area contributed by atoms with Gasteiger partial charge in [-0.3, -0.25) is 9.89 Å². The Kier molecular flexibility index (Phi) is 6.35. The third kappa shape index (κ3) is 5.21. The lowest BCUT2D eigenvalue weighted by Crippen LogP contribution is -2.30. The number of aliphatic hydroxyl groups is 1. The van der Waals surface area contributed by atoms with Crippen molar-refractivity contribution in [3.8, 4) is 0 Å². The van der Waals surface area contributed by atoms with E-state index in [-0.39, 0.29) is 11.8 Å². The Bertz CT molecular complexity index is 608. The molecule has 0 aliphatic rings. The first-order chi connectivity index (χ1) is 11.1. The van der Waals surface area contributed by atoms with Crippen molar-refractivity contribution in [1.29, 1.82) is 0 Å². The van der Waals surface area contributed by atoms with Crippen molar-refractivity contribution in [2.45, 2.75) is 45.1 Å². The van der Waals surface area contributed by atoms with E-state index in [1.807, 2.05) is 30.3 Å². The fourth-order valence-corrected chi connectivity index (χ4v) is 2.66. The van der Waals surface area contributed by atoms with Crippen LogP contribution in [0.3, 0.4) is 0 Å². The van der Waals surface area contributed by atoms with Crippen molar-refractivity contribution >= 4 is 5.91 Å². The Balaban J connectivity index is 1.98. The van der Waals surface area contributed by atoms with Crippen LogP contribution < -0.4 is 5.32 Å². The minimum absolute atomic E-state index is 0.0780. The molecule has 0 bridgehead atoms. The molecule has 1 amide bonds. The van der Waals surface area contributed by atoms with Gasteiger partial charge in [-0.15, -0.1) is 0 Å². The topological polar surface area (TPSA) is 78.0 Å². The van der Waals surface area contributed by atoms with Gasteiger partial charge in [-0.1, -0.05) is 43.7 Å². The summed E-state index contributed by atoms with van der Waals surface area (Å²) in [7, 11) is 0. The van der Waals surface area contributed by atoms with E-state index in [1.165, 1.54) is 0 Å². The molecule has 2 unspecified atom stereocenters. The second-order valence-corrected chi connectivity index (χ2v) is 5.93.